The number of hydrogen-bond donors (Lipinski definition) is 0. The molecule has 182 valence electrons. The molecule has 1 heterocycles. The third kappa shape index (κ3) is 4.96. The summed E-state index contributed by atoms with van der Waals surface area (Å²) >= 11 is 0. The van der Waals surface area contributed by atoms with Crippen molar-refractivity contribution in [2.24, 2.45) is 0 Å². The summed E-state index contributed by atoms with van der Waals surface area (Å²) in [5.41, 5.74) is 7.05. The minimum absolute atomic E-state index is 0. The first-order chi connectivity index (χ1) is 16.3. The Bertz CT molecular complexity index is 1280. The standard InChI is InChI=1S/C29H31N2O3.ClH/c1-29(2)25-19-21(28(32)34-6)10-17-26(25)31(4)27(29)18-9-20-7-11-22(12-8-20)30(3)23-13-15-24(33-5)16-14-23;/h7-19H,1-6H3;1H/q+1;/p-1. The molecule has 3 aromatic carbocycles. The third-order valence-corrected chi connectivity index (χ3v) is 6.63. The lowest BCUT2D eigenvalue weighted by molar-refractivity contribution is -0.401. The zero-order valence-electron chi connectivity index (χ0n) is 21.0. The number of carbonyl (C=O) groups is 1. The largest absolute Gasteiger partial charge is 1.00 e. The molecule has 0 radical (unpaired) electrons. The van der Waals surface area contributed by atoms with Gasteiger partial charge in [-0.3, -0.25) is 0 Å². The van der Waals surface area contributed by atoms with E-state index in [1.807, 2.05) is 42.5 Å². The van der Waals surface area contributed by atoms with Crippen molar-refractivity contribution in [1.82, 2.24) is 0 Å². The van der Waals surface area contributed by atoms with Gasteiger partial charge in [-0.25, -0.2) is 4.79 Å². The van der Waals surface area contributed by atoms with Crippen molar-refractivity contribution in [3.8, 4) is 5.75 Å². The first-order valence-electron chi connectivity index (χ1n) is 11.3. The van der Waals surface area contributed by atoms with E-state index in [0.717, 1.165) is 33.9 Å². The van der Waals surface area contributed by atoms with Gasteiger partial charge in [0.2, 0.25) is 5.69 Å². The molecule has 1 aliphatic rings. The van der Waals surface area contributed by atoms with E-state index in [2.05, 4.69) is 73.8 Å². The number of methoxy groups -OCH3 is 2. The lowest BCUT2D eigenvalue weighted by atomic mass is 9.80. The summed E-state index contributed by atoms with van der Waals surface area (Å²) in [6.45, 7) is 4.37. The topological polar surface area (TPSA) is 41.8 Å². The smallest absolute Gasteiger partial charge is 0.337 e. The number of anilines is 2. The molecule has 5 nitrogen and oxygen atoms in total. The molecule has 0 saturated carbocycles. The zero-order chi connectivity index (χ0) is 24.5. The minimum Gasteiger partial charge on any atom is -1.00 e. The number of esters is 1. The van der Waals surface area contributed by atoms with Crippen molar-refractivity contribution in [2.75, 3.05) is 33.2 Å². The SMILES string of the molecule is COC(=O)c1ccc2c(c1)C(C)(C)C(/C=C/c1ccc(N(C)c3ccc(OC)cc3)cc1)=[N+]2C.[Cl-]. The minimum atomic E-state index is -0.315. The second-order valence-corrected chi connectivity index (χ2v) is 8.97. The Kier molecular flexibility index (Phi) is 7.71. The van der Waals surface area contributed by atoms with Crippen molar-refractivity contribution in [1.29, 1.82) is 0 Å². The fourth-order valence-electron chi connectivity index (χ4n) is 4.52. The maximum Gasteiger partial charge on any atom is 0.337 e. The normalized spacial score (nSPS) is 13.9. The summed E-state index contributed by atoms with van der Waals surface area (Å²) in [5, 5.41) is 0. The lowest BCUT2D eigenvalue weighted by Gasteiger charge is -2.20. The number of rotatable bonds is 6. The Hall–Kier alpha value is -3.57. The van der Waals surface area contributed by atoms with Gasteiger partial charge in [0, 0.05) is 36.1 Å². The molecule has 0 atom stereocenters. The van der Waals surface area contributed by atoms with Crippen LogP contribution >= 0.6 is 0 Å². The van der Waals surface area contributed by atoms with Gasteiger partial charge in [0.05, 0.1) is 25.2 Å². The van der Waals surface area contributed by atoms with E-state index in [9.17, 15) is 4.79 Å². The van der Waals surface area contributed by atoms with Crippen LogP contribution in [0.4, 0.5) is 17.1 Å². The number of benzene rings is 3. The van der Waals surface area contributed by atoms with Crippen LogP contribution in [0.1, 0.15) is 35.3 Å². The number of ether oxygens (including phenoxy) is 2. The zero-order valence-corrected chi connectivity index (χ0v) is 21.8. The molecular weight excluding hydrogens is 460 g/mol. The van der Waals surface area contributed by atoms with Gasteiger partial charge in [-0.2, -0.15) is 4.58 Å². The monoisotopic (exact) mass is 490 g/mol. The van der Waals surface area contributed by atoms with E-state index in [1.165, 1.54) is 12.8 Å². The Morgan fingerprint density at radius 1 is 0.914 bits per heavy atom. The molecule has 0 fully saturated rings. The summed E-state index contributed by atoms with van der Waals surface area (Å²) in [7, 11) is 7.20. The molecule has 3 aromatic rings. The van der Waals surface area contributed by atoms with Crippen molar-refractivity contribution < 1.29 is 31.3 Å². The summed E-state index contributed by atoms with van der Waals surface area (Å²) in [6.07, 6.45) is 4.30. The van der Waals surface area contributed by atoms with Gasteiger partial charge in [0.1, 0.15) is 12.8 Å². The summed E-state index contributed by atoms with van der Waals surface area (Å²) in [6, 6.07) is 22.3. The number of hydrogen-bond acceptors (Lipinski definition) is 4. The van der Waals surface area contributed by atoms with Crippen molar-refractivity contribution in [3.05, 3.63) is 89.5 Å². The fourth-order valence-corrected chi connectivity index (χ4v) is 4.52. The van der Waals surface area contributed by atoms with Crippen LogP contribution in [-0.4, -0.2) is 44.6 Å². The number of allylic oxidation sites excluding steroid dienone is 1. The van der Waals surface area contributed by atoms with Crippen LogP contribution in [0.2, 0.25) is 0 Å². The van der Waals surface area contributed by atoms with Crippen LogP contribution in [0.5, 0.6) is 5.75 Å². The predicted molar refractivity (Wildman–Crippen MR) is 138 cm³/mol. The van der Waals surface area contributed by atoms with E-state index in [1.54, 1.807) is 7.11 Å². The number of nitrogens with zero attached hydrogens (tertiary/aromatic N) is 2. The second-order valence-electron chi connectivity index (χ2n) is 8.97. The summed E-state index contributed by atoms with van der Waals surface area (Å²) in [4.78, 5) is 14.2. The van der Waals surface area contributed by atoms with Crippen LogP contribution in [-0.2, 0) is 10.2 Å². The molecule has 0 spiro atoms. The van der Waals surface area contributed by atoms with Crippen LogP contribution in [0, 0.1) is 0 Å². The van der Waals surface area contributed by atoms with Crippen molar-refractivity contribution >= 4 is 34.8 Å². The Morgan fingerprint density at radius 3 is 2.09 bits per heavy atom. The molecule has 35 heavy (non-hydrogen) atoms. The average molecular weight is 491 g/mol. The molecule has 1 aliphatic heterocycles. The first kappa shape index (κ1) is 26.0. The summed E-state index contributed by atoms with van der Waals surface area (Å²) in [5.74, 6) is 0.531. The van der Waals surface area contributed by atoms with Crippen LogP contribution < -0.4 is 22.0 Å². The molecule has 0 amide bonds. The molecule has 4 rings (SSSR count). The molecule has 0 bridgehead atoms. The molecule has 6 heteroatoms. The second kappa shape index (κ2) is 10.4. The highest BCUT2D eigenvalue weighted by Crippen LogP contribution is 2.40. The van der Waals surface area contributed by atoms with Gasteiger partial charge in [0.25, 0.3) is 0 Å². The molecular formula is C29H31ClN2O3. The van der Waals surface area contributed by atoms with Gasteiger partial charge in [0.15, 0.2) is 5.71 Å². The highest BCUT2D eigenvalue weighted by atomic mass is 35.5. The van der Waals surface area contributed by atoms with E-state index in [-0.39, 0.29) is 23.8 Å². The van der Waals surface area contributed by atoms with E-state index in [0.29, 0.717) is 5.56 Å². The first-order valence-corrected chi connectivity index (χ1v) is 11.3. The Labute approximate surface area is 213 Å². The highest BCUT2D eigenvalue weighted by Gasteiger charge is 2.43. The number of halogens is 1. The quantitative estimate of drug-likeness (QED) is 0.393. The summed E-state index contributed by atoms with van der Waals surface area (Å²) < 4.78 is 12.4. The van der Waals surface area contributed by atoms with Gasteiger partial charge in [-0.05, 0) is 74.0 Å². The third-order valence-electron chi connectivity index (χ3n) is 6.63. The fraction of sp³-hybridized carbons (Fsp3) is 0.241. The van der Waals surface area contributed by atoms with E-state index < -0.39 is 0 Å². The van der Waals surface area contributed by atoms with Crippen molar-refractivity contribution in [3.63, 3.8) is 0 Å². The molecule has 0 aromatic heterocycles. The number of fused-ring (bicyclic) bond motifs is 1. The van der Waals surface area contributed by atoms with Crippen LogP contribution in [0.15, 0.2) is 72.8 Å². The molecule has 0 saturated heterocycles. The predicted octanol–water partition coefficient (Wildman–Crippen LogP) is 2.97. The van der Waals surface area contributed by atoms with Gasteiger partial charge >= 0.3 is 5.97 Å². The van der Waals surface area contributed by atoms with Gasteiger partial charge in [-0.1, -0.05) is 12.1 Å². The molecule has 0 aliphatic carbocycles. The average Bonchev–Trinajstić information content (AvgIpc) is 3.06. The van der Waals surface area contributed by atoms with E-state index >= 15 is 0 Å². The maximum atomic E-state index is 12.0. The maximum absolute atomic E-state index is 12.0. The van der Waals surface area contributed by atoms with Gasteiger partial charge < -0.3 is 26.8 Å². The van der Waals surface area contributed by atoms with Crippen LogP contribution in [0.3, 0.4) is 0 Å². The Morgan fingerprint density at radius 2 is 1.51 bits per heavy atom. The van der Waals surface area contributed by atoms with Crippen LogP contribution in [0.25, 0.3) is 6.08 Å². The lowest BCUT2D eigenvalue weighted by Crippen LogP contribution is -3.00. The highest BCUT2D eigenvalue weighted by molar-refractivity contribution is 6.06. The Balaban J connectivity index is 0.00000342. The van der Waals surface area contributed by atoms with Gasteiger partial charge in [-0.15, -0.1) is 0 Å². The van der Waals surface area contributed by atoms with E-state index in [4.69, 9.17) is 9.47 Å². The number of carbonyl (C=O) groups excluding carboxylic acids is 1. The van der Waals surface area contributed by atoms with Crippen molar-refractivity contribution in [2.45, 2.75) is 19.3 Å². The molecule has 0 N–H and O–H groups in total. The molecule has 0 unspecified atom stereocenters.